The third-order valence-electron chi connectivity index (χ3n) is 12.8. The quantitative estimate of drug-likeness (QED) is 0.316. The van der Waals surface area contributed by atoms with Crippen molar-refractivity contribution in [3.63, 3.8) is 0 Å². The Hall–Kier alpha value is -4.21. The van der Waals surface area contributed by atoms with Crippen molar-refractivity contribution in [2.75, 3.05) is 6.54 Å². The van der Waals surface area contributed by atoms with Gasteiger partial charge in [0, 0.05) is 24.4 Å². The molecule has 312 valence electrons. The smallest absolute Gasteiger partial charge is 0.410 e. The van der Waals surface area contributed by atoms with Gasteiger partial charge < -0.3 is 25.0 Å². The lowest BCUT2D eigenvalue weighted by atomic mass is 10.0. The van der Waals surface area contributed by atoms with Gasteiger partial charge in [-0.2, -0.15) is 0 Å². The first-order valence-corrected chi connectivity index (χ1v) is 22.3. The van der Waals surface area contributed by atoms with Gasteiger partial charge in [-0.05, 0) is 81.8 Å². The molecule has 3 saturated carbocycles. The fourth-order valence-corrected chi connectivity index (χ4v) is 10.7. The highest BCUT2D eigenvalue weighted by molar-refractivity contribution is 7.91. The predicted molar refractivity (Wildman–Crippen MR) is 206 cm³/mol. The molecular weight excluding hydrogens is 758 g/mol. The maximum Gasteiger partial charge on any atom is 0.410 e. The molecule has 1 aromatic rings. The molecule has 0 bridgehead atoms. The van der Waals surface area contributed by atoms with E-state index in [0.717, 1.165) is 64.2 Å². The number of benzene rings is 1. The van der Waals surface area contributed by atoms with E-state index < -0.39 is 86.1 Å². The average Bonchev–Trinajstić information content (AvgIpc) is 3.83. The van der Waals surface area contributed by atoms with Crippen LogP contribution in [0.4, 0.5) is 14.0 Å². The van der Waals surface area contributed by atoms with E-state index in [4.69, 9.17) is 9.47 Å². The molecular formula is C41H56FN5O9S. The molecule has 3 aliphatic carbocycles. The zero-order valence-corrected chi connectivity index (χ0v) is 33.8. The molecule has 4 fully saturated rings. The minimum Gasteiger partial charge on any atom is -0.446 e. The summed E-state index contributed by atoms with van der Waals surface area (Å²) in [7, 11) is -4.05. The Morgan fingerprint density at radius 1 is 0.947 bits per heavy atom. The lowest BCUT2D eigenvalue weighted by Gasteiger charge is -2.31. The van der Waals surface area contributed by atoms with Gasteiger partial charge in [0.05, 0.1) is 17.8 Å². The number of likely N-dealkylation sites (tertiary alicyclic amines) is 1. The fourth-order valence-electron chi connectivity index (χ4n) is 9.01. The molecule has 1 aromatic carbocycles. The second-order valence-corrected chi connectivity index (χ2v) is 19.4. The zero-order chi connectivity index (χ0) is 40.5. The van der Waals surface area contributed by atoms with Crippen LogP contribution in [0.3, 0.4) is 0 Å². The van der Waals surface area contributed by atoms with Crippen molar-refractivity contribution in [2.45, 2.75) is 158 Å². The molecule has 57 heavy (non-hydrogen) atoms. The zero-order valence-electron chi connectivity index (χ0n) is 32.9. The van der Waals surface area contributed by atoms with Crippen LogP contribution < -0.4 is 15.4 Å². The SMILES string of the molecule is CC(C)[C@H](NC(=O)OC1CCCC1)C(=O)N1C[C@H](OC(=O)N2Cc3cccc(F)c3C2)C[C@H]1C(=O)N[C@]12C[C@H]1/C=C/CCCCCCCC1(CC1)S(=O)(=O)NC2=O. The van der Waals surface area contributed by atoms with Gasteiger partial charge in [-0.25, -0.2) is 22.4 Å². The molecule has 14 nitrogen and oxygen atoms in total. The summed E-state index contributed by atoms with van der Waals surface area (Å²) in [5.74, 6) is -3.47. The standard InChI is InChI=1S/C41H56FN5O9S/c1-26(2)34(43-38(51)55-29-15-9-10-16-29)36(49)47-24-30(56-39(52)46-23-27-13-12-17-32(42)31(27)25-46)21-33(47)35(48)44-41-22-28(41)14-8-6-4-3-5-7-11-18-40(19-20-40)57(53,54)45-37(41)50/h8,12-14,17,26,28-30,33-34H,3-7,9-11,15-16,18-25H2,1-2H3,(H,43,51)(H,44,48)(H,45,50)/b14-8+/t28-,30-,33+,34+,41-/m1/s1. The Morgan fingerprint density at radius 2 is 1.68 bits per heavy atom. The van der Waals surface area contributed by atoms with Gasteiger partial charge in [-0.3, -0.25) is 24.0 Å². The largest absolute Gasteiger partial charge is 0.446 e. The van der Waals surface area contributed by atoms with Crippen LogP contribution in [0.1, 0.15) is 121 Å². The van der Waals surface area contributed by atoms with Gasteiger partial charge in [-0.1, -0.05) is 63.8 Å². The molecule has 0 aromatic heterocycles. The van der Waals surface area contributed by atoms with Gasteiger partial charge in [0.2, 0.25) is 21.8 Å². The van der Waals surface area contributed by atoms with Crippen LogP contribution in [-0.2, 0) is 47.0 Å². The van der Waals surface area contributed by atoms with Crippen molar-refractivity contribution in [3.8, 4) is 0 Å². The number of hydrogen-bond acceptors (Lipinski definition) is 9. The molecule has 6 aliphatic rings. The Labute approximate surface area is 334 Å². The van der Waals surface area contributed by atoms with Crippen molar-refractivity contribution in [3.05, 3.63) is 47.3 Å². The van der Waals surface area contributed by atoms with Crippen LogP contribution in [0.25, 0.3) is 0 Å². The minimum absolute atomic E-state index is 0.000694. The molecule has 7 rings (SSSR count). The number of carbonyl (C=O) groups is 5. The van der Waals surface area contributed by atoms with E-state index in [9.17, 15) is 36.8 Å². The van der Waals surface area contributed by atoms with Crippen molar-refractivity contribution in [1.82, 2.24) is 25.2 Å². The van der Waals surface area contributed by atoms with Gasteiger partial charge in [0.25, 0.3) is 5.91 Å². The highest BCUT2D eigenvalue weighted by Crippen LogP contribution is 2.49. The maximum atomic E-state index is 14.5. The monoisotopic (exact) mass is 813 g/mol. The molecule has 16 heteroatoms. The molecule has 3 heterocycles. The van der Waals surface area contributed by atoms with Gasteiger partial charge in [-0.15, -0.1) is 0 Å². The van der Waals surface area contributed by atoms with Gasteiger partial charge >= 0.3 is 12.2 Å². The highest BCUT2D eigenvalue weighted by atomic mass is 32.2. The van der Waals surface area contributed by atoms with Crippen molar-refractivity contribution >= 4 is 39.9 Å². The molecule has 3 aliphatic heterocycles. The lowest BCUT2D eigenvalue weighted by Crippen LogP contribution is -2.59. The lowest BCUT2D eigenvalue weighted by molar-refractivity contribution is -0.141. The summed E-state index contributed by atoms with van der Waals surface area (Å²) in [5.41, 5.74) is -0.530. The topological polar surface area (TPSA) is 181 Å². The van der Waals surface area contributed by atoms with Crippen LogP contribution in [0.5, 0.6) is 0 Å². The molecule has 3 N–H and O–H groups in total. The van der Waals surface area contributed by atoms with Crippen LogP contribution >= 0.6 is 0 Å². The highest BCUT2D eigenvalue weighted by Gasteiger charge is 2.63. The molecule has 5 atom stereocenters. The van der Waals surface area contributed by atoms with Crippen LogP contribution in [-0.4, -0.2) is 89.2 Å². The number of allylic oxidation sites excluding steroid dienone is 1. The minimum atomic E-state index is -4.05. The predicted octanol–water partition coefficient (Wildman–Crippen LogP) is 5.09. The van der Waals surface area contributed by atoms with E-state index >= 15 is 0 Å². The number of carbonyl (C=O) groups excluding carboxylic acids is 5. The first kappa shape index (κ1) is 41.0. The molecule has 1 saturated heterocycles. The molecule has 0 radical (unpaired) electrons. The Bertz CT molecular complexity index is 1880. The normalized spacial score (nSPS) is 29.3. The van der Waals surface area contributed by atoms with Crippen molar-refractivity contribution < 1.29 is 46.3 Å². The van der Waals surface area contributed by atoms with Crippen molar-refractivity contribution in [2.24, 2.45) is 11.8 Å². The van der Waals surface area contributed by atoms with Gasteiger partial charge in [0.1, 0.15) is 35.6 Å². The summed E-state index contributed by atoms with van der Waals surface area (Å²) >= 11 is 0. The summed E-state index contributed by atoms with van der Waals surface area (Å²) in [6.07, 6.45) is 11.3. The van der Waals surface area contributed by atoms with E-state index in [-0.39, 0.29) is 38.6 Å². The van der Waals surface area contributed by atoms with Gasteiger partial charge in [0.15, 0.2) is 0 Å². The average molecular weight is 814 g/mol. The van der Waals surface area contributed by atoms with Crippen LogP contribution in [0.15, 0.2) is 30.4 Å². The third kappa shape index (κ3) is 8.80. The third-order valence-corrected chi connectivity index (χ3v) is 15.0. The number of nitrogens with one attached hydrogen (secondary N) is 3. The molecule has 5 amide bonds. The fraction of sp³-hybridized carbons (Fsp3) is 0.683. The Balaban J connectivity index is 1.11. The molecule has 1 spiro atoms. The molecule has 0 unspecified atom stereocenters. The summed E-state index contributed by atoms with van der Waals surface area (Å²) < 4.78 is 54.7. The number of halogens is 1. The number of hydrogen-bond donors (Lipinski definition) is 3. The van der Waals surface area contributed by atoms with E-state index in [0.29, 0.717) is 30.4 Å². The summed E-state index contributed by atoms with van der Waals surface area (Å²) in [6.45, 7) is 3.43. The first-order chi connectivity index (χ1) is 27.2. The number of sulfonamides is 1. The number of alkyl carbamates (subject to hydrolysis) is 1. The van der Waals surface area contributed by atoms with Crippen molar-refractivity contribution in [1.29, 1.82) is 0 Å². The second kappa shape index (κ2) is 16.6. The van der Waals surface area contributed by atoms with E-state index in [1.54, 1.807) is 26.0 Å². The van der Waals surface area contributed by atoms with E-state index in [2.05, 4.69) is 15.4 Å². The summed E-state index contributed by atoms with van der Waals surface area (Å²) in [4.78, 5) is 72.0. The summed E-state index contributed by atoms with van der Waals surface area (Å²) in [5, 5.41) is 5.56. The van der Waals surface area contributed by atoms with Crippen LogP contribution in [0, 0.1) is 17.7 Å². The number of amides is 5. The first-order valence-electron chi connectivity index (χ1n) is 20.8. The van der Waals surface area contributed by atoms with E-state index in [1.165, 1.54) is 15.9 Å². The Morgan fingerprint density at radius 3 is 2.40 bits per heavy atom. The number of rotatable bonds is 7. The maximum absolute atomic E-state index is 14.5. The van der Waals surface area contributed by atoms with E-state index in [1.807, 2.05) is 12.2 Å². The number of nitrogens with zero attached hydrogens (tertiary/aromatic N) is 2. The second-order valence-electron chi connectivity index (χ2n) is 17.3. The number of fused-ring (bicyclic) bond motifs is 2. The van der Waals surface area contributed by atoms with Crippen LogP contribution in [0.2, 0.25) is 0 Å². The summed E-state index contributed by atoms with van der Waals surface area (Å²) in [6, 6.07) is 2.29. The Kier molecular flexibility index (Phi) is 11.9. The number of ether oxygens (including phenoxy) is 2.